The van der Waals surface area contributed by atoms with Crippen LogP contribution in [0.25, 0.3) is 0 Å². The Labute approximate surface area is 215 Å². The molecular weight excluding hydrogens is 444 g/mol. The Hall–Kier alpha value is -3.40. The fourth-order valence-corrected chi connectivity index (χ4v) is 5.11. The van der Waals surface area contributed by atoms with E-state index in [0.29, 0.717) is 25.8 Å². The third-order valence-electron chi connectivity index (χ3n) is 7.29. The molecular formula is C32H38N2O2. The van der Waals surface area contributed by atoms with E-state index in [1.54, 1.807) is 0 Å². The molecule has 1 aliphatic carbocycles. The van der Waals surface area contributed by atoms with Crippen molar-refractivity contribution in [3.05, 3.63) is 107 Å². The van der Waals surface area contributed by atoms with Crippen LogP contribution in [0.4, 0.5) is 0 Å². The van der Waals surface area contributed by atoms with Crippen LogP contribution in [0.15, 0.2) is 84.9 Å². The number of nitrogens with zero attached hydrogens (tertiary/aromatic N) is 1. The number of benzene rings is 3. The van der Waals surface area contributed by atoms with Crippen molar-refractivity contribution in [1.82, 2.24) is 10.2 Å². The highest BCUT2D eigenvalue weighted by Gasteiger charge is 2.32. The minimum atomic E-state index is -0.558. The van der Waals surface area contributed by atoms with E-state index < -0.39 is 6.04 Å². The molecule has 4 rings (SSSR count). The van der Waals surface area contributed by atoms with Crippen molar-refractivity contribution in [2.75, 3.05) is 0 Å². The second-order valence-electron chi connectivity index (χ2n) is 9.98. The highest BCUT2D eigenvalue weighted by molar-refractivity contribution is 5.88. The molecule has 0 aromatic heterocycles. The fourth-order valence-electron chi connectivity index (χ4n) is 5.11. The van der Waals surface area contributed by atoms with Gasteiger partial charge in [-0.2, -0.15) is 0 Å². The van der Waals surface area contributed by atoms with Gasteiger partial charge in [-0.15, -0.1) is 0 Å². The van der Waals surface area contributed by atoms with Gasteiger partial charge >= 0.3 is 0 Å². The normalized spacial score (nSPS) is 14.7. The summed E-state index contributed by atoms with van der Waals surface area (Å²) in [5, 5.41) is 3.32. The Kier molecular flexibility index (Phi) is 9.32. The zero-order chi connectivity index (χ0) is 25.2. The number of aryl methyl sites for hydroxylation is 2. The molecule has 0 spiro atoms. The molecule has 3 aromatic rings. The molecule has 36 heavy (non-hydrogen) atoms. The third-order valence-corrected chi connectivity index (χ3v) is 7.29. The largest absolute Gasteiger partial charge is 0.352 e. The lowest BCUT2D eigenvalue weighted by atomic mass is 9.94. The van der Waals surface area contributed by atoms with Crippen molar-refractivity contribution < 1.29 is 9.59 Å². The Morgan fingerprint density at radius 2 is 1.44 bits per heavy atom. The molecule has 1 fully saturated rings. The standard InChI is InChI=1S/C32H38N2O2/c1-25-13-11-12-18-28(25)24-34(31(35)22-21-26-14-5-2-6-15-26)30(23-27-16-7-3-8-17-27)32(36)33-29-19-9-4-10-20-29/h2-3,5-8,11-18,29-30H,4,9-10,19-24H2,1H3,(H,33,36). The number of hydrogen-bond donors (Lipinski definition) is 1. The van der Waals surface area contributed by atoms with Gasteiger partial charge in [-0.05, 0) is 48.4 Å². The molecule has 188 valence electrons. The van der Waals surface area contributed by atoms with Crippen molar-refractivity contribution in [3.8, 4) is 0 Å². The number of nitrogens with one attached hydrogen (secondary N) is 1. The minimum Gasteiger partial charge on any atom is -0.352 e. The molecule has 0 saturated heterocycles. The maximum absolute atomic E-state index is 13.8. The number of carbonyl (C=O) groups is 2. The Morgan fingerprint density at radius 3 is 2.11 bits per heavy atom. The first-order valence-corrected chi connectivity index (χ1v) is 13.3. The quantitative estimate of drug-likeness (QED) is 0.384. The summed E-state index contributed by atoms with van der Waals surface area (Å²) in [6.45, 7) is 2.49. The molecule has 0 aliphatic heterocycles. The second-order valence-corrected chi connectivity index (χ2v) is 9.98. The van der Waals surface area contributed by atoms with Crippen LogP contribution in [0.2, 0.25) is 0 Å². The molecule has 1 saturated carbocycles. The lowest BCUT2D eigenvalue weighted by molar-refractivity contribution is -0.141. The molecule has 3 aromatic carbocycles. The maximum Gasteiger partial charge on any atom is 0.243 e. The number of rotatable bonds is 10. The average Bonchev–Trinajstić information content (AvgIpc) is 2.92. The predicted octanol–water partition coefficient (Wildman–Crippen LogP) is 6.02. The van der Waals surface area contributed by atoms with Crippen LogP contribution in [-0.4, -0.2) is 28.8 Å². The monoisotopic (exact) mass is 482 g/mol. The van der Waals surface area contributed by atoms with Gasteiger partial charge in [-0.25, -0.2) is 0 Å². The van der Waals surface area contributed by atoms with Crippen LogP contribution in [0, 0.1) is 6.92 Å². The van der Waals surface area contributed by atoms with Gasteiger partial charge in [0, 0.05) is 25.4 Å². The van der Waals surface area contributed by atoms with Crippen LogP contribution in [-0.2, 0) is 29.0 Å². The van der Waals surface area contributed by atoms with E-state index in [1.807, 2.05) is 65.6 Å². The van der Waals surface area contributed by atoms with E-state index in [4.69, 9.17) is 0 Å². The first-order valence-electron chi connectivity index (χ1n) is 13.3. The highest BCUT2D eigenvalue weighted by Crippen LogP contribution is 2.21. The van der Waals surface area contributed by atoms with Crippen LogP contribution < -0.4 is 5.32 Å². The van der Waals surface area contributed by atoms with E-state index in [1.165, 1.54) is 6.42 Å². The van der Waals surface area contributed by atoms with Crippen LogP contribution in [0.3, 0.4) is 0 Å². The highest BCUT2D eigenvalue weighted by atomic mass is 16.2. The lowest BCUT2D eigenvalue weighted by Crippen LogP contribution is -2.53. The molecule has 0 radical (unpaired) electrons. The van der Waals surface area contributed by atoms with Crippen molar-refractivity contribution in [2.45, 2.75) is 76.9 Å². The van der Waals surface area contributed by atoms with E-state index in [2.05, 4.69) is 36.5 Å². The zero-order valence-corrected chi connectivity index (χ0v) is 21.4. The van der Waals surface area contributed by atoms with Crippen molar-refractivity contribution in [2.24, 2.45) is 0 Å². The van der Waals surface area contributed by atoms with Crippen LogP contribution >= 0.6 is 0 Å². The predicted molar refractivity (Wildman–Crippen MR) is 145 cm³/mol. The van der Waals surface area contributed by atoms with Gasteiger partial charge in [0.15, 0.2) is 0 Å². The summed E-state index contributed by atoms with van der Waals surface area (Å²) in [7, 11) is 0. The van der Waals surface area contributed by atoms with Gasteiger partial charge in [0.05, 0.1) is 0 Å². The first-order chi connectivity index (χ1) is 17.6. The SMILES string of the molecule is Cc1ccccc1CN(C(=O)CCc1ccccc1)C(Cc1ccccc1)C(=O)NC1CCCCC1. The minimum absolute atomic E-state index is 0.0156. The summed E-state index contributed by atoms with van der Waals surface area (Å²) in [6, 6.07) is 27.9. The summed E-state index contributed by atoms with van der Waals surface area (Å²) in [5.41, 5.74) is 4.40. The Bertz CT molecular complexity index is 1110. The van der Waals surface area contributed by atoms with Gasteiger partial charge in [0.1, 0.15) is 6.04 Å². The van der Waals surface area contributed by atoms with Crippen molar-refractivity contribution >= 4 is 11.8 Å². The van der Waals surface area contributed by atoms with Crippen LogP contribution in [0.1, 0.15) is 60.8 Å². The number of amides is 2. The van der Waals surface area contributed by atoms with Gasteiger partial charge in [-0.1, -0.05) is 104 Å². The molecule has 1 atom stereocenters. The topological polar surface area (TPSA) is 49.4 Å². The molecule has 2 amide bonds. The van der Waals surface area contributed by atoms with Crippen molar-refractivity contribution in [1.29, 1.82) is 0 Å². The summed E-state index contributed by atoms with van der Waals surface area (Å²) in [5.74, 6) is -0.0192. The Morgan fingerprint density at radius 1 is 0.833 bits per heavy atom. The van der Waals surface area contributed by atoms with Crippen LogP contribution in [0.5, 0.6) is 0 Å². The summed E-state index contributed by atoms with van der Waals surface area (Å²) < 4.78 is 0. The van der Waals surface area contributed by atoms with Gasteiger partial charge in [0.2, 0.25) is 11.8 Å². The van der Waals surface area contributed by atoms with E-state index in [9.17, 15) is 9.59 Å². The first kappa shape index (κ1) is 25.7. The molecule has 1 unspecified atom stereocenters. The number of carbonyl (C=O) groups excluding carboxylic acids is 2. The molecule has 0 bridgehead atoms. The third kappa shape index (κ3) is 7.30. The molecule has 1 N–H and O–H groups in total. The summed E-state index contributed by atoms with van der Waals surface area (Å²) in [4.78, 5) is 29.4. The average molecular weight is 483 g/mol. The maximum atomic E-state index is 13.8. The van der Waals surface area contributed by atoms with E-state index >= 15 is 0 Å². The zero-order valence-electron chi connectivity index (χ0n) is 21.4. The van der Waals surface area contributed by atoms with Crippen molar-refractivity contribution in [3.63, 3.8) is 0 Å². The van der Waals surface area contributed by atoms with Gasteiger partial charge in [0.25, 0.3) is 0 Å². The van der Waals surface area contributed by atoms with E-state index in [-0.39, 0.29) is 17.9 Å². The molecule has 4 nitrogen and oxygen atoms in total. The smallest absolute Gasteiger partial charge is 0.243 e. The molecule has 0 heterocycles. The Balaban J connectivity index is 1.61. The van der Waals surface area contributed by atoms with E-state index in [0.717, 1.165) is 47.9 Å². The summed E-state index contributed by atoms with van der Waals surface area (Å²) in [6.07, 6.45) is 7.10. The summed E-state index contributed by atoms with van der Waals surface area (Å²) >= 11 is 0. The van der Waals surface area contributed by atoms with Gasteiger partial charge < -0.3 is 10.2 Å². The lowest BCUT2D eigenvalue weighted by Gasteiger charge is -2.34. The van der Waals surface area contributed by atoms with Gasteiger partial charge in [-0.3, -0.25) is 9.59 Å². The fraction of sp³-hybridized carbons (Fsp3) is 0.375. The molecule has 1 aliphatic rings. The second kappa shape index (κ2) is 13.1. The number of hydrogen-bond acceptors (Lipinski definition) is 2. The molecule has 4 heteroatoms.